The minimum absolute atomic E-state index is 0. The molecule has 1 atom stereocenters. The summed E-state index contributed by atoms with van der Waals surface area (Å²) in [6.07, 6.45) is 3.66. The van der Waals surface area contributed by atoms with Gasteiger partial charge in [0, 0.05) is 37.6 Å². The van der Waals surface area contributed by atoms with Crippen LogP contribution in [0, 0.1) is 12.3 Å². The Balaban J connectivity index is 0.00000243. The molecule has 3 rings (SSSR count). The monoisotopic (exact) mass is 478 g/mol. The van der Waals surface area contributed by atoms with Crippen molar-refractivity contribution in [3.63, 3.8) is 0 Å². The number of aromatic nitrogens is 3. The van der Waals surface area contributed by atoms with Crippen LogP contribution in [0.1, 0.15) is 37.8 Å². The summed E-state index contributed by atoms with van der Waals surface area (Å²) in [5.41, 5.74) is -0.149. The zero-order valence-corrected chi connectivity index (χ0v) is 18.0. The Kier molecular flexibility index (Phi) is 8.08. The SMILES string of the molecule is CCNC(=NCC1(CO)CCOCC1)NC1CCc2nc(C)nn2C1.I. The fourth-order valence-electron chi connectivity index (χ4n) is 3.48. The molecule has 148 valence electrons. The van der Waals surface area contributed by atoms with Gasteiger partial charge in [-0.1, -0.05) is 0 Å². The number of hydrogen-bond donors (Lipinski definition) is 3. The van der Waals surface area contributed by atoms with Crippen LogP contribution in [0.2, 0.25) is 0 Å². The molecule has 26 heavy (non-hydrogen) atoms. The number of ether oxygens (including phenoxy) is 1. The molecule has 0 radical (unpaired) electrons. The van der Waals surface area contributed by atoms with Gasteiger partial charge in [-0.3, -0.25) is 4.99 Å². The number of rotatable bonds is 5. The fraction of sp³-hybridized carbons (Fsp3) is 0.824. The smallest absolute Gasteiger partial charge is 0.191 e. The van der Waals surface area contributed by atoms with E-state index in [-0.39, 0.29) is 42.0 Å². The average molecular weight is 478 g/mol. The fourth-order valence-corrected chi connectivity index (χ4v) is 3.48. The van der Waals surface area contributed by atoms with E-state index in [4.69, 9.17) is 9.73 Å². The van der Waals surface area contributed by atoms with Crippen molar-refractivity contribution in [1.29, 1.82) is 0 Å². The van der Waals surface area contributed by atoms with Gasteiger partial charge < -0.3 is 20.5 Å². The molecule has 1 saturated heterocycles. The highest BCUT2D eigenvalue weighted by Gasteiger charge is 2.32. The minimum Gasteiger partial charge on any atom is -0.396 e. The van der Waals surface area contributed by atoms with Crippen molar-refractivity contribution in [1.82, 2.24) is 25.4 Å². The third-order valence-corrected chi connectivity index (χ3v) is 5.11. The van der Waals surface area contributed by atoms with E-state index in [1.165, 1.54) is 0 Å². The average Bonchev–Trinajstić information content (AvgIpc) is 3.00. The van der Waals surface area contributed by atoms with Crippen molar-refractivity contribution >= 4 is 29.9 Å². The van der Waals surface area contributed by atoms with E-state index >= 15 is 0 Å². The lowest BCUT2D eigenvalue weighted by atomic mass is 9.81. The van der Waals surface area contributed by atoms with Crippen LogP contribution in [-0.2, 0) is 17.7 Å². The highest BCUT2D eigenvalue weighted by Crippen LogP contribution is 2.30. The van der Waals surface area contributed by atoms with Crippen molar-refractivity contribution in [2.75, 3.05) is 32.9 Å². The van der Waals surface area contributed by atoms with E-state index in [0.717, 1.165) is 56.4 Å². The lowest BCUT2D eigenvalue weighted by Crippen LogP contribution is -2.48. The largest absolute Gasteiger partial charge is 0.396 e. The Morgan fingerprint density at radius 2 is 2.19 bits per heavy atom. The van der Waals surface area contributed by atoms with Crippen LogP contribution >= 0.6 is 24.0 Å². The van der Waals surface area contributed by atoms with Gasteiger partial charge in [0.2, 0.25) is 0 Å². The van der Waals surface area contributed by atoms with Crippen LogP contribution in [0.5, 0.6) is 0 Å². The molecule has 1 fully saturated rings. The lowest BCUT2D eigenvalue weighted by molar-refractivity contribution is -0.0106. The van der Waals surface area contributed by atoms with Gasteiger partial charge in [0.15, 0.2) is 5.96 Å². The molecule has 8 nitrogen and oxygen atoms in total. The van der Waals surface area contributed by atoms with E-state index < -0.39 is 0 Å². The predicted octanol–water partition coefficient (Wildman–Crippen LogP) is 0.864. The summed E-state index contributed by atoms with van der Waals surface area (Å²) in [5.74, 6) is 2.71. The Morgan fingerprint density at radius 1 is 1.42 bits per heavy atom. The van der Waals surface area contributed by atoms with Gasteiger partial charge in [-0.25, -0.2) is 9.67 Å². The molecule has 0 amide bonds. The van der Waals surface area contributed by atoms with Crippen LogP contribution in [0.3, 0.4) is 0 Å². The molecule has 2 aliphatic rings. The summed E-state index contributed by atoms with van der Waals surface area (Å²) >= 11 is 0. The molecule has 3 heterocycles. The third kappa shape index (κ3) is 5.29. The number of aryl methyl sites for hydroxylation is 2. The van der Waals surface area contributed by atoms with Crippen molar-refractivity contribution in [2.24, 2.45) is 10.4 Å². The van der Waals surface area contributed by atoms with Crippen LogP contribution in [-0.4, -0.2) is 64.8 Å². The number of aliphatic hydroxyl groups excluding tert-OH is 1. The van der Waals surface area contributed by atoms with E-state index in [9.17, 15) is 5.11 Å². The minimum atomic E-state index is -0.149. The molecule has 0 aromatic carbocycles. The van der Waals surface area contributed by atoms with Crippen LogP contribution in [0.15, 0.2) is 4.99 Å². The number of halogens is 1. The maximum absolute atomic E-state index is 9.83. The summed E-state index contributed by atoms with van der Waals surface area (Å²) in [7, 11) is 0. The summed E-state index contributed by atoms with van der Waals surface area (Å²) in [4.78, 5) is 9.23. The first-order valence-electron chi connectivity index (χ1n) is 9.28. The van der Waals surface area contributed by atoms with Crippen LogP contribution in [0.25, 0.3) is 0 Å². The molecule has 0 bridgehead atoms. The second kappa shape index (κ2) is 9.84. The number of nitrogens with one attached hydrogen (secondary N) is 2. The molecular weight excluding hydrogens is 447 g/mol. The molecule has 1 unspecified atom stereocenters. The highest BCUT2D eigenvalue weighted by molar-refractivity contribution is 14.0. The highest BCUT2D eigenvalue weighted by atomic mass is 127. The maximum atomic E-state index is 9.83. The summed E-state index contributed by atoms with van der Waals surface area (Å²) in [6.45, 7) is 7.79. The van der Waals surface area contributed by atoms with Gasteiger partial charge in [0.25, 0.3) is 0 Å². The van der Waals surface area contributed by atoms with Gasteiger partial charge in [0.1, 0.15) is 11.6 Å². The summed E-state index contributed by atoms with van der Waals surface area (Å²) < 4.78 is 7.43. The van der Waals surface area contributed by atoms with Crippen molar-refractivity contribution in [3.05, 3.63) is 11.6 Å². The number of nitrogens with zero attached hydrogens (tertiary/aromatic N) is 4. The van der Waals surface area contributed by atoms with E-state index in [0.29, 0.717) is 19.8 Å². The third-order valence-electron chi connectivity index (χ3n) is 5.11. The van der Waals surface area contributed by atoms with Gasteiger partial charge in [-0.05, 0) is 33.1 Å². The van der Waals surface area contributed by atoms with E-state index in [1.54, 1.807) is 0 Å². The Labute approximate surface area is 172 Å². The number of guanidine groups is 1. The number of aliphatic hydroxyl groups is 1. The molecule has 1 aromatic heterocycles. The Hall–Kier alpha value is -0.940. The van der Waals surface area contributed by atoms with Gasteiger partial charge >= 0.3 is 0 Å². The Bertz CT molecular complexity index is 600. The van der Waals surface area contributed by atoms with Crippen molar-refractivity contribution in [2.45, 2.75) is 52.1 Å². The topological polar surface area (TPSA) is 96.6 Å². The molecule has 2 aliphatic heterocycles. The predicted molar refractivity (Wildman–Crippen MR) is 111 cm³/mol. The van der Waals surface area contributed by atoms with Gasteiger partial charge in [0.05, 0.1) is 19.7 Å². The van der Waals surface area contributed by atoms with E-state index in [2.05, 4.69) is 27.6 Å². The standard InChI is InChI=1S/C17H30N6O2.HI/c1-3-18-16(19-11-17(12-24)6-8-25-9-7-17)21-14-4-5-15-20-13(2)22-23(15)10-14;/h14,24H,3-12H2,1-2H3,(H2,18,19,21);1H. The molecule has 0 spiro atoms. The molecule has 0 saturated carbocycles. The lowest BCUT2D eigenvalue weighted by Gasteiger charge is -2.34. The maximum Gasteiger partial charge on any atom is 0.191 e. The Morgan fingerprint density at radius 3 is 2.88 bits per heavy atom. The number of hydrogen-bond acceptors (Lipinski definition) is 5. The first-order chi connectivity index (χ1) is 12.1. The van der Waals surface area contributed by atoms with Crippen molar-refractivity contribution in [3.8, 4) is 0 Å². The summed E-state index contributed by atoms with van der Waals surface area (Å²) in [6, 6.07) is 0.283. The molecule has 0 aliphatic carbocycles. The second-order valence-corrected chi connectivity index (χ2v) is 7.10. The summed E-state index contributed by atoms with van der Waals surface area (Å²) in [5, 5.41) is 21.1. The molecule has 3 N–H and O–H groups in total. The van der Waals surface area contributed by atoms with Gasteiger partial charge in [-0.2, -0.15) is 5.10 Å². The van der Waals surface area contributed by atoms with E-state index in [1.807, 2.05) is 11.6 Å². The molecule has 9 heteroatoms. The first kappa shape index (κ1) is 21.4. The van der Waals surface area contributed by atoms with Crippen LogP contribution < -0.4 is 10.6 Å². The zero-order valence-electron chi connectivity index (χ0n) is 15.7. The molecule has 1 aromatic rings. The van der Waals surface area contributed by atoms with Gasteiger partial charge in [-0.15, -0.1) is 24.0 Å². The number of aliphatic imine (C=N–C) groups is 1. The number of fused-ring (bicyclic) bond motifs is 1. The normalized spacial score (nSPS) is 22.3. The van der Waals surface area contributed by atoms with Crippen molar-refractivity contribution < 1.29 is 9.84 Å². The zero-order chi connectivity index (χ0) is 17.7. The van der Waals surface area contributed by atoms with Crippen LogP contribution in [0.4, 0.5) is 0 Å². The second-order valence-electron chi connectivity index (χ2n) is 7.10. The molecular formula is C17H31IN6O2. The first-order valence-corrected chi connectivity index (χ1v) is 9.28. The quantitative estimate of drug-likeness (QED) is 0.330.